The Morgan fingerprint density at radius 3 is 2.13 bits per heavy atom. The van der Waals surface area contributed by atoms with E-state index in [1.54, 1.807) is 16.7 Å². The highest BCUT2D eigenvalue weighted by atomic mass is 32.2. The van der Waals surface area contributed by atoms with Crippen molar-refractivity contribution in [2.45, 2.75) is 18.0 Å². The molecule has 6 rings (SSSR count). The lowest BCUT2D eigenvalue weighted by molar-refractivity contribution is -0.122. The van der Waals surface area contributed by atoms with Crippen LogP contribution in [0.15, 0.2) is 129 Å². The van der Waals surface area contributed by atoms with Gasteiger partial charge in [0.1, 0.15) is 17.3 Å². The van der Waals surface area contributed by atoms with Crippen molar-refractivity contribution in [2.24, 2.45) is 4.99 Å². The fourth-order valence-corrected chi connectivity index (χ4v) is 6.64. The summed E-state index contributed by atoms with van der Waals surface area (Å²) in [6.45, 7) is 0.969. The van der Waals surface area contributed by atoms with Crippen molar-refractivity contribution in [3.05, 3.63) is 130 Å². The number of benzene rings is 4. The second-order valence-electron chi connectivity index (χ2n) is 8.90. The first kappa shape index (κ1) is 24.4. The molecular formula is C31H25N3O2S2. The Morgan fingerprint density at radius 1 is 0.763 bits per heavy atom. The molecule has 2 aliphatic heterocycles. The number of anilines is 1. The van der Waals surface area contributed by atoms with E-state index in [1.807, 2.05) is 104 Å². The first-order valence-electron chi connectivity index (χ1n) is 12.3. The Labute approximate surface area is 230 Å². The fraction of sp³-hybridized carbons (Fsp3) is 0.0968. The number of aliphatic imine (C=N–C) groups is 1. The van der Waals surface area contributed by atoms with Crippen LogP contribution >= 0.6 is 23.5 Å². The summed E-state index contributed by atoms with van der Waals surface area (Å²) in [5, 5.41) is 1.61. The van der Waals surface area contributed by atoms with Crippen molar-refractivity contribution in [1.29, 1.82) is 0 Å². The van der Waals surface area contributed by atoms with E-state index in [0.29, 0.717) is 23.2 Å². The molecule has 0 atom stereocenters. The molecule has 7 heteroatoms. The zero-order chi connectivity index (χ0) is 25.9. The van der Waals surface area contributed by atoms with Gasteiger partial charge in [-0.15, -0.1) is 0 Å². The number of hydrogen-bond acceptors (Lipinski definition) is 6. The second-order valence-corrected chi connectivity index (χ2v) is 10.9. The molecule has 0 saturated carbocycles. The monoisotopic (exact) mass is 535 g/mol. The third-order valence-electron chi connectivity index (χ3n) is 6.29. The molecule has 4 aromatic carbocycles. The molecule has 2 heterocycles. The Hall–Kier alpha value is -3.94. The predicted molar refractivity (Wildman–Crippen MR) is 157 cm³/mol. The zero-order valence-corrected chi connectivity index (χ0v) is 22.4. The lowest BCUT2D eigenvalue weighted by atomic mass is 10.2. The minimum atomic E-state index is -0.0254. The zero-order valence-electron chi connectivity index (χ0n) is 20.8. The maximum absolute atomic E-state index is 13.8. The number of amidine groups is 1. The quantitative estimate of drug-likeness (QED) is 0.240. The van der Waals surface area contributed by atoms with E-state index < -0.39 is 0 Å². The van der Waals surface area contributed by atoms with E-state index in [-0.39, 0.29) is 5.91 Å². The normalized spacial score (nSPS) is 17.8. The Kier molecular flexibility index (Phi) is 6.94. The number of hydrogen-bond donors (Lipinski definition) is 0. The SMILES string of the molecule is CN1C(=C2SC(=Nc3ccc(OCc4ccccc4)cc3)N(Cc3ccccc3)C2=O)Sc2ccccc21. The Bertz CT molecular complexity index is 1520. The van der Waals surface area contributed by atoms with Crippen LogP contribution in [0.1, 0.15) is 11.1 Å². The first-order valence-corrected chi connectivity index (χ1v) is 13.9. The van der Waals surface area contributed by atoms with Crippen LogP contribution in [-0.2, 0) is 17.9 Å². The number of nitrogens with zero attached hydrogens (tertiary/aromatic N) is 3. The molecular weight excluding hydrogens is 510 g/mol. The van der Waals surface area contributed by atoms with Gasteiger partial charge in [0.05, 0.1) is 22.9 Å². The number of fused-ring (bicyclic) bond motifs is 1. The van der Waals surface area contributed by atoms with E-state index >= 15 is 0 Å². The number of thioether (sulfide) groups is 2. The van der Waals surface area contributed by atoms with E-state index in [0.717, 1.165) is 38.2 Å². The van der Waals surface area contributed by atoms with Crippen LogP contribution in [-0.4, -0.2) is 23.0 Å². The lowest BCUT2D eigenvalue weighted by Gasteiger charge is -2.17. The topological polar surface area (TPSA) is 45.1 Å². The van der Waals surface area contributed by atoms with Gasteiger partial charge in [-0.1, -0.05) is 84.6 Å². The summed E-state index contributed by atoms with van der Waals surface area (Å²) in [6.07, 6.45) is 0. The van der Waals surface area contributed by atoms with Gasteiger partial charge in [-0.05, 0) is 59.3 Å². The van der Waals surface area contributed by atoms with Crippen LogP contribution in [0, 0.1) is 0 Å². The van der Waals surface area contributed by atoms with Crippen LogP contribution < -0.4 is 9.64 Å². The number of carbonyl (C=O) groups is 1. The molecule has 0 spiro atoms. The number of ether oxygens (including phenoxy) is 1. The summed E-state index contributed by atoms with van der Waals surface area (Å²) in [4.78, 5) is 24.4. The summed E-state index contributed by atoms with van der Waals surface area (Å²) < 4.78 is 5.93. The predicted octanol–water partition coefficient (Wildman–Crippen LogP) is 7.44. The molecule has 38 heavy (non-hydrogen) atoms. The van der Waals surface area contributed by atoms with Crippen molar-refractivity contribution in [1.82, 2.24) is 4.90 Å². The highest BCUT2D eigenvalue weighted by Gasteiger charge is 2.39. The van der Waals surface area contributed by atoms with Gasteiger partial charge < -0.3 is 9.64 Å². The number of para-hydroxylation sites is 1. The highest BCUT2D eigenvalue weighted by molar-refractivity contribution is 8.19. The number of carbonyl (C=O) groups excluding carboxylic acids is 1. The van der Waals surface area contributed by atoms with E-state index in [2.05, 4.69) is 17.0 Å². The van der Waals surface area contributed by atoms with Crippen molar-refractivity contribution in [3.8, 4) is 5.75 Å². The van der Waals surface area contributed by atoms with E-state index in [9.17, 15) is 4.79 Å². The minimum Gasteiger partial charge on any atom is -0.489 e. The van der Waals surface area contributed by atoms with Crippen LogP contribution in [0.3, 0.4) is 0 Å². The van der Waals surface area contributed by atoms with Crippen LogP contribution in [0.25, 0.3) is 0 Å². The fourth-order valence-electron chi connectivity index (χ4n) is 4.29. The first-order chi connectivity index (χ1) is 18.7. The van der Waals surface area contributed by atoms with Gasteiger partial charge in [0.25, 0.3) is 5.91 Å². The molecule has 0 bridgehead atoms. The Balaban J connectivity index is 1.28. The molecule has 0 radical (unpaired) electrons. The van der Waals surface area contributed by atoms with E-state index in [4.69, 9.17) is 9.73 Å². The molecule has 1 saturated heterocycles. The van der Waals surface area contributed by atoms with Crippen LogP contribution in [0.4, 0.5) is 11.4 Å². The highest BCUT2D eigenvalue weighted by Crippen LogP contribution is 2.50. The molecule has 1 amide bonds. The summed E-state index contributed by atoms with van der Waals surface area (Å²) >= 11 is 3.07. The van der Waals surface area contributed by atoms with Crippen LogP contribution in [0.2, 0.25) is 0 Å². The van der Waals surface area contributed by atoms with Crippen molar-refractivity contribution in [3.63, 3.8) is 0 Å². The van der Waals surface area contributed by atoms with Gasteiger partial charge in [-0.3, -0.25) is 9.69 Å². The van der Waals surface area contributed by atoms with Crippen molar-refractivity contribution >= 4 is 46.0 Å². The molecule has 2 aliphatic rings. The van der Waals surface area contributed by atoms with Crippen molar-refractivity contribution < 1.29 is 9.53 Å². The maximum atomic E-state index is 13.8. The summed E-state index contributed by atoms with van der Waals surface area (Å²) in [5.74, 6) is 0.751. The van der Waals surface area contributed by atoms with Gasteiger partial charge in [0.2, 0.25) is 0 Å². The van der Waals surface area contributed by atoms with Crippen LogP contribution in [0.5, 0.6) is 5.75 Å². The average molecular weight is 536 g/mol. The van der Waals surface area contributed by atoms with Gasteiger partial charge in [-0.25, -0.2) is 4.99 Å². The molecule has 0 N–H and O–H groups in total. The van der Waals surface area contributed by atoms with E-state index in [1.165, 1.54) is 11.8 Å². The van der Waals surface area contributed by atoms with Gasteiger partial charge in [0, 0.05) is 11.9 Å². The molecule has 0 unspecified atom stereocenters. The van der Waals surface area contributed by atoms with Crippen molar-refractivity contribution in [2.75, 3.05) is 11.9 Å². The van der Waals surface area contributed by atoms with Gasteiger partial charge in [0.15, 0.2) is 5.17 Å². The molecule has 4 aromatic rings. The molecule has 188 valence electrons. The largest absolute Gasteiger partial charge is 0.489 e. The molecule has 5 nitrogen and oxygen atoms in total. The smallest absolute Gasteiger partial charge is 0.269 e. The molecule has 0 aromatic heterocycles. The third kappa shape index (κ3) is 5.08. The summed E-state index contributed by atoms with van der Waals surface area (Å²) in [6, 6.07) is 36.0. The standard InChI is InChI=1S/C31H25N3O2S2/c1-33-26-14-8-9-15-27(26)37-30(33)28-29(35)34(20-22-10-4-2-5-11-22)31(38-28)32-24-16-18-25(19-17-24)36-21-23-12-6-3-7-13-23/h2-19H,20-21H2,1H3. The second kappa shape index (κ2) is 10.8. The Morgan fingerprint density at radius 2 is 1.42 bits per heavy atom. The van der Waals surface area contributed by atoms with Gasteiger partial charge in [-0.2, -0.15) is 0 Å². The minimum absolute atomic E-state index is 0.0254. The number of rotatable bonds is 6. The maximum Gasteiger partial charge on any atom is 0.269 e. The number of amides is 1. The summed E-state index contributed by atoms with van der Waals surface area (Å²) in [5.41, 5.74) is 4.05. The van der Waals surface area contributed by atoms with Gasteiger partial charge >= 0.3 is 0 Å². The summed E-state index contributed by atoms with van der Waals surface area (Å²) in [7, 11) is 2.01. The average Bonchev–Trinajstić information content (AvgIpc) is 3.45. The molecule has 1 fully saturated rings. The lowest BCUT2D eigenvalue weighted by Crippen LogP contribution is -2.29. The molecule has 0 aliphatic carbocycles. The third-order valence-corrected chi connectivity index (χ3v) is 8.72.